The van der Waals surface area contributed by atoms with Gasteiger partial charge in [0, 0.05) is 23.9 Å². The maximum absolute atomic E-state index is 13.5. The zero-order chi connectivity index (χ0) is 22.4. The SMILES string of the molecule is CC[C@H](C)Oc1ccc(NC(=O)C2(c3ccc(Cl)cc3)CCOCC2)cc1C(=O)OC. The highest BCUT2D eigenvalue weighted by Crippen LogP contribution is 2.37. The molecule has 1 aliphatic rings. The lowest BCUT2D eigenvalue weighted by Gasteiger charge is -2.36. The molecule has 3 rings (SSSR count). The second-order valence-corrected chi connectivity index (χ2v) is 8.13. The maximum Gasteiger partial charge on any atom is 0.341 e. The highest BCUT2D eigenvalue weighted by Gasteiger charge is 2.41. The first-order valence-electron chi connectivity index (χ1n) is 10.4. The van der Waals surface area contributed by atoms with Crippen molar-refractivity contribution in [2.75, 3.05) is 25.6 Å². The molecule has 0 saturated carbocycles. The first kappa shape index (κ1) is 23.1. The van der Waals surface area contributed by atoms with E-state index in [1.165, 1.54) is 7.11 Å². The third-order valence-corrected chi connectivity index (χ3v) is 5.98. The summed E-state index contributed by atoms with van der Waals surface area (Å²) < 4.78 is 16.3. The normalized spacial score (nSPS) is 16.3. The number of nitrogens with one attached hydrogen (secondary N) is 1. The Morgan fingerprint density at radius 1 is 1.16 bits per heavy atom. The molecule has 1 N–H and O–H groups in total. The minimum atomic E-state index is -0.736. The second-order valence-electron chi connectivity index (χ2n) is 7.69. The molecular formula is C24H28ClNO5. The molecule has 1 atom stereocenters. The van der Waals surface area contributed by atoms with E-state index in [-0.39, 0.29) is 17.6 Å². The number of hydrogen-bond acceptors (Lipinski definition) is 5. The van der Waals surface area contributed by atoms with Crippen LogP contribution in [0.4, 0.5) is 5.69 Å². The minimum absolute atomic E-state index is 0.0562. The van der Waals surface area contributed by atoms with Crippen molar-refractivity contribution in [3.8, 4) is 5.75 Å². The van der Waals surface area contributed by atoms with Crippen LogP contribution < -0.4 is 10.1 Å². The smallest absolute Gasteiger partial charge is 0.341 e. The molecule has 0 radical (unpaired) electrons. The van der Waals surface area contributed by atoms with Crippen molar-refractivity contribution in [3.63, 3.8) is 0 Å². The van der Waals surface area contributed by atoms with Gasteiger partial charge in [-0.1, -0.05) is 30.7 Å². The molecule has 1 fully saturated rings. The van der Waals surface area contributed by atoms with Gasteiger partial charge in [0.15, 0.2) is 0 Å². The summed E-state index contributed by atoms with van der Waals surface area (Å²) in [5, 5.41) is 3.61. The predicted molar refractivity (Wildman–Crippen MR) is 120 cm³/mol. The van der Waals surface area contributed by atoms with E-state index in [2.05, 4.69) is 5.32 Å². The zero-order valence-corrected chi connectivity index (χ0v) is 18.8. The van der Waals surface area contributed by atoms with Crippen molar-refractivity contribution in [1.82, 2.24) is 0 Å². The molecule has 166 valence electrons. The summed E-state index contributed by atoms with van der Waals surface area (Å²) >= 11 is 6.05. The number of halogens is 1. The van der Waals surface area contributed by atoms with Crippen molar-refractivity contribution in [2.24, 2.45) is 0 Å². The molecule has 6 nitrogen and oxygen atoms in total. The van der Waals surface area contributed by atoms with Crippen molar-refractivity contribution in [2.45, 2.75) is 44.6 Å². The lowest BCUT2D eigenvalue weighted by atomic mass is 9.73. The van der Waals surface area contributed by atoms with Gasteiger partial charge in [0.05, 0.1) is 18.6 Å². The first-order chi connectivity index (χ1) is 14.9. The van der Waals surface area contributed by atoms with Gasteiger partial charge in [-0.05, 0) is 62.1 Å². The van der Waals surface area contributed by atoms with E-state index in [0.717, 1.165) is 12.0 Å². The van der Waals surface area contributed by atoms with Crippen LogP contribution in [0.25, 0.3) is 0 Å². The van der Waals surface area contributed by atoms with Crippen LogP contribution in [0, 0.1) is 0 Å². The molecule has 7 heteroatoms. The van der Waals surface area contributed by atoms with Crippen LogP contribution in [0.1, 0.15) is 49.0 Å². The van der Waals surface area contributed by atoms with Crippen molar-refractivity contribution in [3.05, 3.63) is 58.6 Å². The van der Waals surface area contributed by atoms with Gasteiger partial charge < -0.3 is 19.5 Å². The van der Waals surface area contributed by atoms with E-state index in [9.17, 15) is 9.59 Å². The molecule has 0 aromatic heterocycles. The highest BCUT2D eigenvalue weighted by molar-refractivity contribution is 6.30. The number of amides is 1. The number of ether oxygens (including phenoxy) is 3. The number of methoxy groups -OCH3 is 1. The lowest BCUT2D eigenvalue weighted by Crippen LogP contribution is -2.44. The van der Waals surface area contributed by atoms with E-state index in [0.29, 0.717) is 42.5 Å². The second kappa shape index (κ2) is 10.2. The Hall–Kier alpha value is -2.57. The van der Waals surface area contributed by atoms with E-state index in [1.54, 1.807) is 30.3 Å². The summed E-state index contributed by atoms with van der Waals surface area (Å²) in [6, 6.07) is 12.4. The summed E-state index contributed by atoms with van der Waals surface area (Å²) in [4.78, 5) is 25.8. The van der Waals surface area contributed by atoms with Gasteiger partial charge in [0.2, 0.25) is 5.91 Å². The molecule has 31 heavy (non-hydrogen) atoms. The number of hydrogen-bond donors (Lipinski definition) is 1. The summed E-state index contributed by atoms with van der Waals surface area (Å²) in [5.74, 6) is -0.241. The maximum atomic E-state index is 13.5. The number of rotatable bonds is 7. The lowest BCUT2D eigenvalue weighted by molar-refractivity contribution is -0.125. The predicted octanol–water partition coefficient (Wildman–Crippen LogP) is 4.99. The summed E-state index contributed by atoms with van der Waals surface area (Å²) in [6.07, 6.45) is 1.85. The third kappa shape index (κ3) is 5.20. The van der Waals surface area contributed by atoms with E-state index < -0.39 is 11.4 Å². The van der Waals surface area contributed by atoms with Crippen molar-refractivity contribution in [1.29, 1.82) is 0 Å². The number of carbonyl (C=O) groups excluding carboxylic acids is 2. The Kier molecular flexibility index (Phi) is 7.57. The van der Waals surface area contributed by atoms with E-state index in [1.807, 2.05) is 26.0 Å². The van der Waals surface area contributed by atoms with Gasteiger partial charge in [-0.15, -0.1) is 0 Å². The Balaban J connectivity index is 1.91. The summed E-state index contributed by atoms with van der Waals surface area (Å²) in [6.45, 7) is 4.91. The molecule has 2 aromatic rings. The number of carbonyl (C=O) groups is 2. The van der Waals surface area contributed by atoms with Crippen LogP contribution in [0.15, 0.2) is 42.5 Å². The van der Waals surface area contributed by atoms with Gasteiger partial charge in [-0.2, -0.15) is 0 Å². The van der Waals surface area contributed by atoms with Crippen molar-refractivity contribution < 1.29 is 23.8 Å². The molecule has 1 amide bonds. The Morgan fingerprint density at radius 3 is 2.45 bits per heavy atom. The minimum Gasteiger partial charge on any atom is -0.490 e. The van der Waals surface area contributed by atoms with Crippen LogP contribution in [-0.2, 0) is 19.7 Å². The monoisotopic (exact) mass is 445 g/mol. The molecule has 1 saturated heterocycles. The van der Waals surface area contributed by atoms with Gasteiger partial charge in [0.1, 0.15) is 11.3 Å². The Labute approximate surface area is 187 Å². The third-order valence-electron chi connectivity index (χ3n) is 5.72. The summed E-state index contributed by atoms with van der Waals surface area (Å²) in [5.41, 5.74) is 0.928. The number of anilines is 1. The fraction of sp³-hybridized carbons (Fsp3) is 0.417. The highest BCUT2D eigenvalue weighted by atomic mass is 35.5. The topological polar surface area (TPSA) is 73.9 Å². The average molecular weight is 446 g/mol. The van der Waals surface area contributed by atoms with Gasteiger partial charge in [-0.3, -0.25) is 4.79 Å². The van der Waals surface area contributed by atoms with Gasteiger partial charge in [0.25, 0.3) is 0 Å². The average Bonchev–Trinajstić information content (AvgIpc) is 2.80. The molecular weight excluding hydrogens is 418 g/mol. The molecule has 0 unspecified atom stereocenters. The quantitative estimate of drug-likeness (QED) is 0.607. The van der Waals surface area contributed by atoms with E-state index >= 15 is 0 Å². The molecule has 0 bridgehead atoms. The number of esters is 1. The molecule has 1 aliphatic heterocycles. The van der Waals surface area contributed by atoms with Crippen molar-refractivity contribution >= 4 is 29.2 Å². The van der Waals surface area contributed by atoms with Crippen LogP contribution in [0.2, 0.25) is 5.02 Å². The fourth-order valence-electron chi connectivity index (χ4n) is 3.67. The number of benzene rings is 2. The first-order valence-corrected chi connectivity index (χ1v) is 10.8. The largest absolute Gasteiger partial charge is 0.490 e. The van der Waals surface area contributed by atoms with Gasteiger partial charge in [-0.25, -0.2) is 4.79 Å². The molecule has 0 spiro atoms. The molecule has 1 heterocycles. The Bertz CT molecular complexity index is 922. The Morgan fingerprint density at radius 2 is 1.84 bits per heavy atom. The van der Waals surface area contributed by atoms with Crippen LogP contribution in [0.5, 0.6) is 5.75 Å². The fourth-order valence-corrected chi connectivity index (χ4v) is 3.79. The van der Waals surface area contributed by atoms with E-state index in [4.69, 9.17) is 25.8 Å². The summed E-state index contributed by atoms with van der Waals surface area (Å²) in [7, 11) is 1.32. The van der Waals surface area contributed by atoms with Gasteiger partial charge >= 0.3 is 5.97 Å². The zero-order valence-electron chi connectivity index (χ0n) is 18.1. The van der Waals surface area contributed by atoms with Crippen LogP contribution in [-0.4, -0.2) is 38.3 Å². The molecule has 0 aliphatic carbocycles. The van der Waals surface area contributed by atoms with Crippen LogP contribution >= 0.6 is 11.6 Å². The molecule has 2 aromatic carbocycles. The standard InChI is InChI=1S/C24H28ClNO5/c1-4-16(2)31-21-10-9-19(15-20(21)22(27)29-3)26-23(28)24(11-13-30-14-12-24)17-5-7-18(25)8-6-17/h5-10,15-16H,4,11-14H2,1-3H3,(H,26,28)/t16-/m0/s1. The van der Waals surface area contributed by atoms with Crippen LogP contribution in [0.3, 0.4) is 0 Å².